The van der Waals surface area contributed by atoms with E-state index in [0.717, 1.165) is 44.7 Å². The van der Waals surface area contributed by atoms with Crippen LogP contribution in [-0.2, 0) is 26.1 Å². The Bertz CT molecular complexity index is 545. The van der Waals surface area contributed by atoms with Crippen molar-refractivity contribution in [2.45, 2.75) is 58.8 Å². The predicted molar refractivity (Wildman–Crippen MR) is 80.9 cm³/mol. The Hall–Kier alpha value is -1.13. The van der Waals surface area contributed by atoms with Crippen LogP contribution in [0.3, 0.4) is 0 Å². The summed E-state index contributed by atoms with van der Waals surface area (Å²) in [4.78, 5) is 15.0. The molecule has 20 heavy (non-hydrogen) atoms. The van der Waals surface area contributed by atoms with Crippen molar-refractivity contribution in [3.63, 3.8) is 0 Å². The molecule has 0 unspecified atom stereocenters. The number of fused-ring (bicyclic) bond motifs is 1. The minimum atomic E-state index is 0.212. The third-order valence-electron chi connectivity index (χ3n) is 4.55. The normalized spacial score (nSPS) is 19.1. The Morgan fingerprint density at radius 1 is 1.30 bits per heavy atom. The number of aromatic nitrogens is 1. The molecule has 0 aromatic carbocycles. The summed E-state index contributed by atoms with van der Waals surface area (Å²) in [5.41, 5.74) is 3.77. The van der Waals surface area contributed by atoms with Crippen molar-refractivity contribution >= 4 is 0 Å². The van der Waals surface area contributed by atoms with Crippen molar-refractivity contribution in [3.05, 3.63) is 33.2 Å². The minimum Gasteiger partial charge on any atom is -0.312 e. The molecular weight excluding hydrogens is 250 g/mol. The zero-order valence-corrected chi connectivity index (χ0v) is 12.6. The molecule has 1 aliphatic heterocycles. The molecule has 1 aromatic heterocycles. The van der Waals surface area contributed by atoms with Gasteiger partial charge in [0, 0.05) is 49.9 Å². The van der Waals surface area contributed by atoms with Crippen LogP contribution >= 0.6 is 0 Å². The van der Waals surface area contributed by atoms with Gasteiger partial charge in [-0.3, -0.25) is 9.69 Å². The smallest absolute Gasteiger partial charge is 0.255 e. The highest BCUT2D eigenvalue weighted by Crippen LogP contribution is 2.21. The number of nitrogens with zero attached hydrogens (tertiary/aromatic N) is 2. The van der Waals surface area contributed by atoms with Crippen LogP contribution in [0.2, 0.25) is 0 Å². The predicted octanol–water partition coefficient (Wildman–Crippen LogP) is 1.50. The van der Waals surface area contributed by atoms with E-state index < -0.39 is 0 Å². The van der Waals surface area contributed by atoms with E-state index in [1.807, 2.05) is 4.57 Å². The molecule has 0 spiro atoms. The molecule has 1 saturated carbocycles. The largest absolute Gasteiger partial charge is 0.312 e. The summed E-state index contributed by atoms with van der Waals surface area (Å²) in [5.74, 6) is 0. The molecule has 2 heterocycles. The zero-order valence-electron chi connectivity index (χ0n) is 12.6. The van der Waals surface area contributed by atoms with Gasteiger partial charge in [0.2, 0.25) is 0 Å². The van der Waals surface area contributed by atoms with Crippen molar-refractivity contribution in [1.82, 2.24) is 14.8 Å². The Labute approximate surface area is 120 Å². The molecule has 4 nitrogen and oxygen atoms in total. The fourth-order valence-corrected chi connectivity index (χ4v) is 3.11. The van der Waals surface area contributed by atoms with Gasteiger partial charge in [0.05, 0.1) is 0 Å². The van der Waals surface area contributed by atoms with Gasteiger partial charge in [-0.2, -0.15) is 0 Å². The standard InChI is InChI=1S/C16H25N3O/c1-3-18-8-7-15-13(11-18)9-12(10-17-14-5-6-14)16(20)19(15)4-2/h9,14,17H,3-8,10-11H2,1-2H3. The SMILES string of the molecule is CCN1CCc2c(cc(CNC3CC3)c(=O)n2CC)C1. The summed E-state index contributed by atoms with van der Waals surface area (Å²) in [6.45, 7) is 8.93. The third-order valence-corrected chi connectivity index (χ3v) is 4.55. The first-order valence-corrected chi connectivity index (χ1v) is 7.93. The molecule has 4 heteroatoms. The lowest BCUT2D eigenvalue weighted by molar-refractivity contribution is 0.261. The molecule has 0 amide bonds. The summed E-state index contributed by atoms with van der Waals surface area (Å²) in [7, 11) is 0. The highest BCUT2D eigenvalue weighted by molar-refractivity contribution is 5.29. The molecule has 0 atom stereocenters. The van der Waals surface area contributed by atoms with Gasteiger partial charge in [-0.25, -0.2) is 0 Å². The first-order valence-electron chi connectivity index (χ1n) is 7.93. The van der Waals surface area contributed by atoms with Crippen LogP contribution < -0.4 is 10.9 Å². The Kier molecular flexibility index (Phi) is 3.94. The first-order chi connectivity index (χ1) is 9.72. The molecule has 1 N–H and O–H groups in total. The van der Waals surface area contributed by atoms with Gasteiger partial charge in [0.1, 0.15) is 0 Å². The van der Waals surface area contributed by atoms with E-state index in [9.17, 15) is 4.79 Å². The highest BCUT2D eigenvalue weighted by Gasteiger charge is 2.23. The van der Waals surface area contributed by atoms with E-state index in [-0.39, 0.29) is 5.56 Å². The van der Waals surface area contributed by atoms with E-state index in [1.165, 1.54) is 24.1 Å². The number of pyridine rings is 1. The Morgan fingerprint density at radius 3 is 2.75 bits per heavy atom. The zero-order chi connectivity index (χ0) is 14.1. The summed E-state index contributed by atoms with van der Waals surface area (Å²) < 4.78 is 1.99. The molecule has 3 rings (SSSR count). The average molecular weight is 275 g/mol. The minimum absolute atomic E-state index is 0.212. The van der Waals surface area contributed by atoms with E-state index >= 15 is 0 Å². The highest BCUT2D eigenvalue weighted by atomic mass is 16.1. The van der Waals surface area contributed by atoms with Crippen LogP contribution in [0.5, 0.6) is 0 Å². The third kappa shape index (κ3) is 2.67. The van der Waals surface area contributed by atoms with Crippen LogP contribution in [0.4, 0.5) is 0 Å². The topological polar surface area (TPSA) is 37.3 Å². The Morgan fingerprint density at radius 2 is 2.10 bits per heavy atom. The van der Waals surface area contributed by atoms with Crippen molar-refractivity contribution in [3.8, 4) is 0 Å². The molecule has 1 aromatic rings. The van der Waals surface area contributed by atoms with Crippen molar-refractivity contribution in [1.29, 1.82) is 0 Å². The summed E-state index contributed by atoms with van der Waals surface area (Å²) in [6, 6.07) is 2.80. The van der Waals surface area contributed by atoms with Crippen molar-refractivity contribution in [2.75, 3.05) is 13.1 Å². The fraction of sp³-hybridized carbons (Fsp3) is 0.688. The molecule has 0 bridgehead atoms. The number of nitrogens with one attached hydrogen (secondary N) is 1. The van der Waals surface area contributed by atoms with Gasteiger partial charge in [-0.15, -0.1) is 0 Å². The van der Waals surface area contributed by atoms with Crippen LogP contribution in [0.25, 0.3) is 0 Å². The first kappa shape index (κ1) is 13.8. The van der Waals surface area contributed by atoms with Gasteiger partial charge >= 0.3 is 0 Å². The van der Waals surface area contributed by atoms with E-state index in [2.05, 4.69) is 30.1 Å². The van der Waals surface area contributed by atoms with Gasteiger partial charge in [-0.05, 0) is 37.9 Å². The van der Waals surface area contributed by atoms with Crippen LogP contribution in [0.1, 0.15) is 43.5 Å². The number of rotatable bonds is 5. The lowest BCUT2D eigenvalue weighted by atomic mass is 10.0. The van der Waals surface area contributed by atoms with Crippen molar-refractivity contribution in [2.24, 2.45) is 0 Å². The fourth-order valence-electron chi connectivity index (χ4n) is 3.11. The number of hydrogen-bond acceptors (Lipinski definition) is 3. The summed E-state index contributed by atoms with van der Waals surface area (Å²) in [6.07, 6.45) is 3.52. The second kappa shape index (κ2) is 5.70. The van der Waals surface area contributed by atoms with E-state index in [0.29, 0.717) is 6.04 Å². The van der Waals surface area contributed by atoms with Gasteiger partial charge in [0.25, 0.3) is 5.56 Å². The van der Waals surface area contributed by atoms with Crippen LogP contribution in [0, 0.1) is 0 Å². The maximum Gasteiger partial charge on any atom is 0.255 e. The quantitative estimate of drug-likeness (QED) is 0.885. The number of hydrogen-bond donors (Lipinski definition) is 1. The summed E-state index contributed by atoms with van der Waals surface area (Å²) >= 11 is 0. The lowest BCUT2D eigenvalue weighted by Gasteiger charge is -2.30. The monoisotopic (exact) mass is 275 g/mol. The molecule has 0 saturated heterocycles. The van der Waals surface area contributed by atoms with Crippen LogP contribution in [-0.4, -0.2) is 28.6 Å². The molecule has 110 valence electrons. The Balaban J connectivity index is 1.92. The van der Waals surface area contributed by atoms with Crippen LogP contribution in [0.15, 0.2) is 10.9 Å². The van der Waals surface area contributed by atoms with E-state index in [1.54, 1.807) is 0 Å². The number of likely N-dealkylation sites (N-methyl/N-ethyl adjacent to an activating group) is 1. The molecule has 0 radical (unpaired) electrons. The molecule has 1 fully saturated rings. The average Bonchev–Trinajstić information content (AvgIpc) is 3.29. The maximum atomic E-state index is 12.6. The van der Waals surface area contributed by atoms with Gasteiger partial charge in [-0.1, -0.05) is 6.92 Å². The summed E-state index contributed by atoms with van der Waals surface area (Å²) in [5, 5.41) is 3.47. The molecule has 2 aliphatic rings. The molecule has 1 aliphatic carbocycles. The van der Waals surface area contributed by atoms with Gasteiger partial charge in [0.15, 0.2) is 0 Å². The maximum absolute atomic E-state index is 12.6. The molecular formula is C16H25N3O. The van der Waals surface area contributed by atoms with Gasteiger partial charge < -0.3 is 9.88 Å². The second-order valence-electron chi connectivity index (χ2n) is 5.96. The van der Waals surface area contributed by atoms with Crippen molar-refractivity contribution < 1.29 is 0 Å². The lowest BCUT2D eigenvalue weighted by Crippen LogP contribution is -2.37. The van der Waals surface area contributed by atoms with E-state index in [4.69, 9.17) is 0 Å². The second-order valence-corrected chi connectivity index (χ2v) is 5.96.